The summed E-state index contributed by atoms with van der Waals surface area (Å²) in [5, 5.41) is 3.58. The van der Waals surface area contributed by atoms with Crippen LogP contribution in [0.3, 0.4) is 0 Å². The molecule has 0 saturated heterocycles. The second-order valence-corrected chi connectivity index (χ2v) is 4.99. The molecule has 0 fully saturated rings. The van der Waals surface area contributed by atoms with Crippen LogP contribution in [0, 0.1) is 27.7 Å². The van der Waals surface area contributed by atoms with E-state index in [4.69, 9.17) is 0 Å². The molecule has 94 valence electrons. The van der Waals surface area contributed by atoms with Crippen LogP contribution in [0.4, 0.5) is 5.69 Å². The molecule has 0 bridgehead atoms. The highest BCUT2D eigenvalue weighted by atomic mass is 14.9. The number of hydrogen-bond acceptors (Lipinski definition) is 1. The van der Waals surface area contributed by atoms with Crippen molar-refractivity contribution in [2.45, 2.75) is 34.2 Å². The Morgan fingerprint density at radius 2 is 1.17 bits per heavy atom. The van der Waals surface area contributed by atoms with Crippen molar-refractivity contribution in [3.05, 3.63) is 64.2 Å². The molecule has 0 amide bonds. The van der Waals surface area contributed by atoms with Gasteiger partial charge in [0.1, 0.15) is 0 Å². The van der Waals surface area contributed by atoms with E-state index in [1.807, 2.05) is 0 Å². The molecule has 18 heavy (non-hydrogen) atoms. The first kappa shape index (κ1) is 12.7. The monoisotopic (exact) mass is 239 g/mol. The third kappa shape index (κ3) is 2.56. The molecule has 2 aromatic rings. The molecule has 0 aromatic heterocycles. The van der Waals surface area contributed by atoms with Gasteiger partial charge in [-0.05, 0) is 55.5 Å². The summed E-state index contributed by atoms with van der Waals surface area (Å²) >= 11 is 0. The number of anilines is 1. The Morgan fingerprint density at radius 3 is 1.67 bits per heavy atom. The number of benzene rings is 2. The summed E-state index contributed by atoms with van der Waals surface area (Å²) in [6.45, 7) is 9.55. The van der Waals surface area contributed by atoms with Gasteiger partial charge >= 0.3 is 0 Å². The maximum Gasteiger partial charge on any atom is 0.0406 e. The molecule has 0 aliphatic heterocycles. The van der Waals surface area contributed by atoms with Gasteiger partial charge in [-0.2, -0.15) is 0 Å². The molecule has 0 unspecified atom stereocenters. The highest BCUT2D eigenvalue weighted by Crippen LogP contribution is 2.22. The van der Waals surface area contributed by atoms with Crippen LogP contribution in [0.25, 0.3) is 0 Å². The molecule has 1 heteroatoms. The molecule has 0 saturated carbocycles. The fraction of sp³-hybridized carbons (Fsp3) is 0.294. The van der Waals surface area contributed by atoms with Crippen molar-refractivity contribution in [1.82, 2.24) is 0 Å². The van der Waals surface area contributed by atoms with E-state index < -0.39 is 0 Å². The minimum Gasteiger partial charge on any atom is -0.381 e. The normalized spacial score (nSPS) is 10.4. The molecule has 0 heterocycles. The van der Waals surface area contributed by atoms with Gasteiger partial charge in [-0.1, -0.05) is 36.4 Å². The second kappa shape index (κ2) is 5.26. The largest absolute Gasteiger partial charge is 0.381 e. The van der Waals surface area contributed by atoms with Crippen molar-refractivity contribution in [1.29, 1.82) is 0 Å². The van der Waals surface area contributed by atoms with E-state index in [1.54, 1.807) is 0 Å². The zero-order chi connectivity index (χ0) is 13.1. The van der Waals surface area contributed by atoms with Crippen LogP contribution in [-0.2, 0) is 6.54 Å². The zero-order valence-corrected chi connectivity index (χ0v) is 11.7. The maximum atomic E-state index is 3.58. The molecule has 0 aliphatic rings. The van der Waals surface area contributed by atoms with E-state index in [0.29, 0.717) is 0 Å². The van der Waals surface area contributed by atoms with E-state index in [9.17, 15) is 0 Å². The molecule has 0 atom stereocenters. The topological polar surface area (TPSA) is 12.0 Å². The molecule has 1 nitrogen and oxygen atoms in total. The highest BCUT2D eigenvalue weighted by molar-refractivity contribution is 5.57. The Bertz CT molecular complexity index is 464. The number of nitrogens with one attached hydrogen (secondary N) is 1. The molecular formula is C17H21N. The van der Waals surface area contributed by atoms with Crippen LogP contribution in [-0.4, -0.2) is 0 Å². The van der Waals surface area contributed by atoms with E-state index in [-0.39, 0.29) is 0 Å². The van der Waals surface area contributed by atoms with Crippen LogP contribution in [0.5, 0.6) is 0 Å². The highest BCUT2D eigenvalue weighted by Gasteiger charge is 2.04. The Balaban J connectivity index is 2.22. The smallest absolute Gasteiger partial charge is 0.0406 e. The quantitative estimate of drug-likeness (QED) is 0.829. The lowest BCUT2D eigenvalue weighted by Crippen LogP contribution is -2.05. The summed E-state index contributed by atoms with van der Waals surface area (Å²) in [4.78, 5) is 0. The van der Waals surface area contributed by atoms with Gasteiger partial charge in [0, 0.05) is 12.2 Å². The predicted octanol–water partition coefficient (Wildman–Crippen LogP) is 4.53. The lowest BCUT2D eigenvalue weighted by Gasteiger charge is -2.15. The van der Waals surface area contributed by atoms with Crippen molar-refractivity contribution in [2.75, 3.05) is 5.32 Å². The van der Waals surface area contributed by atoms with Gasteiger partial charge in [0.15, 0.2) is 0 Å². The lowest BCUT2D eigenvalue weighted by molar-refractivity contribution is 1.08. The van der Waals surface area contributed by atoms with Crippen molar-refractivity contribution in [3.8, 4) is 0 Å². The summed E-state index contributed by atoms with van der Waals surface area (Å²) in [6.07, 6.45) is 0. The molecule has 0 aliphatic carbocycles. The van der Waals surface area contributed by atoms with Gasteiger partial charge in [0.25, 0.3) is 0 Å². The Hall–Kier alpha value is -1.76. The number of para-hydroxylation sites is 1. The van der Waals surface area contributed by atoms with E-state index >= 15 is 0 Å². The van der Waals surface area contributed by atoms with Gasteiger partial charge in [0.05, 0.1) is 0 Å². The summed E-state index contributed by atoms with van der Waals surface area (Å²) in [7, 11) is 0. The average molecular weight is 239 g/mol. The fourth-order valence-electron chi connectivity index (χ4n) is 2.40. The SMILES string of the molecule is Cc1cccc(C)c1CNc1c(C)cccc1C. The standard InChI is InChI=1S/C17H21N/c1-12-7-5-8-13(2)16(12)11-18-17-14(3)9-6-10-15(17)4/h5-10,18H,11H2,1-4H3. The van der Waals surface area contributed by atoms with Gasteiger partial charge < -0.3 is 5.32 Å². The summed E-state index contributed by atoms with van der Waals surface area (Å²) in [6, 6.07) is 12.9. The first-order chi connectivity index (χ1) is 8.59. The minimum atomic E-state index is 0.893. The third-order valence-corrected chi connectivity index (χ3v) is 3.57. The Kier molecular flexibility index (Phi) is 3.71. The molecule has 0 radical (unpaired) electrons. The number of rotatable bonds is 3. The Morgan fingerprint density at radius 1 is 0.722 bits per heavy atom. The van der Waals surface area contributed by atoms with Gasteiger partial charge in [0.2, 0.25) is 0 Å². The van der Waals surface area contributed by atoms with Crippen LogP contribution < -0.4 is 5.32 Å². The van der Waals surface area contributed by atoms with Gasteiger partial charge in [-0.25, -0.2) is 0 Å². The molecule has 0 spiro atoms. The van der Waals surface area contributed by atoms with E-state index in [1.165, 1.54) is 33.5 Å². The second-order valence-electron chi connectivity index (χ2n) is 4.99. The third-order valence-electron chi connectivity index (χ3n) is 3.57. The summed E-state index contributed by atoms with van der Waals surface area (Å²) in [5.74, 6) is 0. The van der Waals surface area contributed by atoms with Crippen LogP contribution >= 0.6 is 0 Å². The molecule has 2 rings (SSSR count). The fourth-order valence-corrected chi connectivity index (χ4v) is 2.40. The molecular weight excluding hydrogens is 218 g/mol. The summed E-state index contributed by atoms with van der Waals surface area (Å²) in [5.41, 5.74) is 7.99. The average Bonchev–Trinajstić information content (AvgIpc) is 2.31. The molecule has 2 aromatic carbocycles. The van der Waals surface area contributed by atoms with Crippen molar-refractivity contribution >= 4 is 5.69 Å². The number of aryl methyl sites for hydroxylation is 4. The number of hydrogen-bond donors (Lipinski definition) is 1. The van der Waals surface area contributed by atoms with E-state index in [2.05, 4.69) is 69.4 Å². The molecule has 1 N–H and O–H groups in total. The van der Waals surface area contributed by atoms with Crippen LogP contribution in [0.2, 0.25) is 0 Å². The predicted molar refractivity (Wildman–Crippen MR) is 79.2 cm³/mol. The summed E-state index contributed by atoms with van der Waals surface area (Å²) < 4.78 is 0. The van der Waals surface area contributed by atoms with Gasteiger partial charge in [-0.3, -0.25) is 0 Å². The van der Waals surface area contributed by atoms with E-state index in [0.717, 1.165) is 6.54 Å². The first-order valence-electron chi connectivity index (χ1n) is 6.45. The lowest BCUT2D eigenvalue weighted by atomic mass is 10.0. The van der Waals surface area contributed by atoms with Gasteiger partial charge in [-0.15, -0.1) is 0 Å². The maximum absolute atomic E-state index is 3.58. The van der Waals surface area contributed by atoms with Crippen molar-refractivity contribution < 1.29 is 0 Å². The Labute approximate surface area is 110 Å². The minimum absolute atomic E-state index is 0.893. The first-order valence-corrected chi connectivity index (χ1v) is 6.45. The van der Waals surface area contributed by atoms with Crippen LogP contribution in [0.1, 0.15) is 27.8 Å². The van der Waals surface area contributed by atoms with Crippen molar-refractivity contribution in [2.24, 2.45) is 0 Å². The van der Waals surface area contributed by atoms with Crippen LogP contribution in [0.15, 0.2) is 36.4 Å². The zero-order valence-electron chi connectivity index (χ0n) is 11.7. The van der Waals surface area contributed by atoms with Crippen molar-refractivity contribution in [3.63, 3.8) is 0 Å².